The minimum atomic E-state index is -1.58. The van der Waals surface area contributed by atoms with Gasteiger partial charge in [0.2, 0.25) is 47.3 Å². The average Bonchev–Trinajstić information content (AvgIpc) is 1.68. The Morgan fingerprint density at radius 2 is 1.15 bits per heavy atom. The number of urea groups is 1. The van der Waals surface area contributed by atoms with Crippen molar-refractivity contribution in [1.82, 2.24) is 60.5 Å². The molecule has 0 spiro atoms. The van der Waals surface area contributed by atoms with Gasteiger partial charge in [0.15, 0.2) is 0 Å². The van der Waals surface area contributed by atoms with Gasteiger partial charge in [0, 0.05) is 147 Å². The Morgan fingerprint density at radius 3 is 1.69 bits per heavy atom. The van der Waals surface area contributed by atoms with E-state index < -0.39 is 108 Å². The molecule has 2 aromatic rings. The maximum Gasteiger partial charge on any atom is 0.340 e. The number of primary amides is 3. The number of nitrogens with two attached hydrogens (primary N) is 3. The Balaban J connectivity index is 1.11. The number of likely N-dealkylation sites (tertiary alicyclic amines) is 2. The van der Waals surface area contributed by atoms with Crippen molar-refractivity contribution in [1.29, 1.82) is 0 Å². The number of hydrogen-bond donors (Lipinski definition) is 11. The first-order chi connectivity index (χ1) is 49.3. The molecule has 0 aromatic heterocycles. The van der Waals surface area contributed by atoms with Gasteiger partial charge in [-0.05, 0) is 73.6 Å². The molecule has 4 aliphatic rings. The number of carbonyl (C=O) groups excluding carboxylic acids is 9. The third kappa shape index (κ3) is 29.7. The van der Waals surface area contributed by atoms with Crippen molar-refractivity contribution in [3.63, 3.8) is 0 Å². The molecule has 6 rings (SSSR count). The number of aliphatic carboxylic acids is 3. The number of thioether (sulfide) groups is 2. The second-order valence-electron chi connectivity index (χ2n) is 26.6. The number of aliphatic hydroxyl groups is 1. The molecule has 4 saturated heterocycles. The van der Waals surface area contributed by atoms with Crippen molar-refractivity contribution in [2.45, 2.75) is 139 Å². The Labute approximate surface area is 610 Å². The number of aliphatic hydroxyl groups excluding tert-OH is 1. The minimum Gasteiger partial charge on any atom is -0.480 e. The van der Waals surface area contributed by atoms with Crippen LogP contribution < -0.4 is 38.5 Å². The number of nitrogens with one attached hydrogen (secondary N) is 4. The summed E-state index contributed by atoms with van der Waals surface area (Å²) in [6, 6.07) is 9.23. The Hall–Kier alpha value is -7.83. The molecule has 10 amide bonds. The summed E-state index contributed by atoms with van der Waals surface area (Å²) in [4.78, 5) is 175. The first-order valence-corrected chi connectivity index (χ1v) is 37.8. The highest BCUT2D eigenvalue weighted by molar-refractivity contribution is 7.98. The molecule has 103 heavy (non-hydrogen) atoms. The molecule has 2 unspecified atom stereocenters. The highest BCUT2D eigenvalue weighted by Crippen LogP contribution is 2.29. The van der Waals surface area contributed by atoms with E-state index in [1.165, 1.54) is 27.8 Å². The predicted octanol–water partition coefficient (Wildman–Crippen LogP) is -1.02. The van der Waals surface area contributed by atoms with E-state index in [1.54, 1.807) is 68.6 Å². The van der Waals surface area contributed by atoms with Gasteiger partial charge in [-0.3, -0.25) is 82.6 Å². The minimum absolute atomic E-state index is 0.0217. The van der Waals surface area contributed by atoms with Gasteiger partial charge in [-0.15, -0.1) is 0 Å². The maximum atomic E-state index is 14.9. The smallest absolute Gasteiger partial charge is 0.340 e. The zero-order chi connectivity index (χ0) is 75.0. The zero-order valence-electron chi connectivity index (χ0n) is 59.2. The van der Waals surface area contributed by atoms with Crippen molar-refractivity contribution in [3.05, 3.63) is 70.8 Å². The van der Waals surface area contributed by atoms with Crippen LogP contribution >= 0.6 is 23.5 Å². The number of carbonyl (C=O) groups is 12. The first kappa shape index (κ1) is 84.1. The van der Waals surface area contributed by atoms with E-state index in [9.17, 15) is 78.0 Å². The zero-order valence-corrected chi connectivity index (χ0v) is 60.9. The molecular weight excluding hydrogens is 1370 g/mol. The number of carboxylic acid groups (broad SMARTS) is 3. The Kier molecular flexibility index (Phi) is 36.0. The summed E-state index contributed by atoms with van der Waals surface area (Å²) in [6.07, 6.45) is 2.85. The lowest BCUT2D eigenvalue weighted by Crippen LogP contribution is -2.60. The van der Waals surface area contributed by atoms with Crippen LogP contribution in [0.5, 0.6) is 0 Å². The molecule has 4 aliphatic heterocycles. The molecule has 570 valence electrons. The monoisotopic (exact) mass is 1480 g/mol. The molecule has 7 atom stereocenters. The van der Waals surface area contributed by atoms with Crippen LogP contribution in [0.15, 0.2) is 53.5 Å². The molecule has 0 radical (unpaired) electrons. The first-order valence-electron chi connectivity index (χ1n) is 35.5. The summed E-state index contributed by atoms with van der Waals surface area (Å²) in [5.74, 6) is -6.61. The fraction of sp³-hybridized carbons (Fsp3) is 0.638. The van der Waals surface area contributed by atoms with Crippen molar-refractivity contribution in [3.8, 4) is 0 Å². The largest absolute Gasteiger partial charge is 0.480 e. The van der Waals surface area contributed by atoms with Crippen LogP contribution in [0.2, 0.25) is 0 Å². The molecular formula is C69H106N16O16S2. The van der Waals surface area contributed by atoms with E-state index in [2.05, 4.69) is 49.4 Å². The lowest BCUT2D eigenvalue weighted by molar-refractivity contribution is -0.147. The van der Waals surface area contributed by atoms with Gasteiger partial charge in [0.1, 0.15) is 24.4 Å². The fourth-order valence-corrected chi connectivity index (χ4v) is 14.8. The topological polar surface area (TPSA) is 450 Å². The molecule has 2 aromatic carbocycles. The van der Waals surface area contributed by atoms with Crippen LogP contribution in [-0.4, -0.2) is 309 Å². The van der Waals surface area contributed by atoms with Gasteiger partial charge in [0.25, 0.3) is 0 Å². The maximum absolute atomic E-state index is 14.9. The van der Waals surface area contributed by atoms with Crippen LogP contribution in [0, 0.1) is 5.92 Å². The third-order valence-corrected chi connectivity index (χ3v) is 20.7. The van der Waals surface area contributed by atoms with Gasteiger partial charge >= 0.3 is 23.9 Å². The highest BCUT2D eigenvalue weighted by Gasteiger charge is 2.44. The van der Waals surface area contributed by atoms with Gasteiger partial charge in [-0.25, -0.2) is 9.79 Å². The number of benzene rings is 2. The predicted molar refractivity (Wildman–Crippen MR) is 388 cm³/mol. The van der Waals surface area contributed by atoms with Crippen LogP contribution in [0.3, 0.4) is 0 Å². The van der Waals surface area contributed by atoms with Gasteiger partial charge < -0.3 is 68.3 Å². The molecule has 0 bridgehead atoms. The molecule has 32 nitrogen and oxygen atoms in total. The Morgan fingerprint density at radius 1 is 0.612 bits per heavy atom. The van der Waals surface area contributed by atoms with Crippen molar-refractivity contribution >= 4 is 101 Å². The van der Waals surface area contributed by atoms with E-state index in [4.69, 9.17) is 17.2 Å². The fourth-order valence-electron chi connectivity index (χ4n) is 12.9. The number of rotatable bonds is 39. The van der Waals surface area contributed by atoms with E-state index in [0.717, 1.165) is 35.1 Å². The van der Waals surface area contributed by atoms with Crippen molar-refractivity contribution in [2.75, 3.05) is 136 Å². The summed E-state index contributed by atoms with van der Waals surface area (Å²) in [5.41, 5.74) is 20.3. The molecule has 4 fully saturated rings. The van der Waals surface area contributed by atoms with Gasteiger partial charge in [-0.1, -0.05) is 68.8 Å². The number of piperazine rings is 1. The van der Waals surface area contributed by atoms with Crippen molar-refractivity contribution in [2.24, 2.45) is 28.1 Å². The summed E-state index contributed by atoms with van der Waals surface area (Å²) < 4.78 is 0. The summed E-state index contributed by atoms with van der Waals surface area (Å²) in [5, 5.41) is 51.3. The molecule has 14 N–H and O–H groups in total. The van der Waals surface area contributed by atoms with Crippen LogP contribution in [0.4, 0.5) is 4.79 Å². The molecule has 4 heterocycles. The van der Waals surface area contributed by atoms with E-state index >= 15 is 0 Å². The molecule has 0 aliphatic carbocycles. The third-order valence-electron chi connectivity index (χ3n) is 18.5. The quantitative estimate of drug-likeness (QED) is 0.0217. The average molecular weight is 1480 g/mol. The van der Waals surface area contributed by atoms with E-state index in [-0.39, 0.29) is 129 Å². The number of aliphatic imine (C=N–C) groups is 1. The van der Waals surface area contributed by atoms with Gasteiger partial charge in [0.05, 0.1) is 44.2 Å². The van der Waals surface area contributed by atoms with Crippen molar-refractivity contribution < 1.29 is 78.0 Å². The second-order valence-corrected chi connectivity index (χ2v) is 28.7. The summed E-state index contributed by atoms with van der Waals surface area (Å²) >= 11 is 3.01. The summed E-state index contributed by atoms with van der Waals surface area (Å²) in [6.45, 7) is 8.31. The molecule has 0 saturated carbocycles. The lowest BCUT2D eigenvalue weighted by atomic mass is 10.0. The SMILES string of the molecule is CCCCNC(=O)N=CC(CSCc1cc(CSCCC(N)=O)cc(CN2CCN(C(=O)CN3CCN(CC(=O)O)CCN(CC(=O)O)CCN(CC(=O)O)CC3)CC2)c1)C(=O)N1CCC[C@H]1C(=O)N1CCC[C@H]1C(=O)N[C@@H](CC)C(=O)N[C@@H](CCC(N)=O)C(O)N[C@@H](Cc1ccccc1)C(N)=O. The number of carboxylic acids is 3. The Bertz CT molecular complexity index is 3170. The molecule has 34 heteroatoms. The summed E-state index contributed by atoms with van der Waals surface area (Å²) in [7, 11) is 0. The van der Waals surface area contributed by atoms with Crippen LogP contribution in [0.25, 0.3) is 0 Å². The normalized spacial score (nSPS) is 19.3. The number of amides is 10. The van der Waals surface area contributed by atoms with E-state index in [0.29, 0.717) is 88.9 Å². The van der Waals surface area contributed by atoms with Gasteiger partial charge in [-0.2, -0.15) is 23.5 Å². The second kappa shape index (κ2) is 44.1. The van der Waals surface area contributed by atoms with Crippen LogP contribution in [0.1, 0.15) is 100 Å². The highest BCUT2D eigenvalue weighted by atomic mass is 32.2. The standard InChI is InChI=1S/C69H106N16O16S2/c1-3-5-18-73-69(101)74-38-51(67(99)85-20-10-14-56(85)68(100)84-19-9-13-55(84)66(98)75-52(4-2)64(96)76-53(15-16-57(70)86)65(97)77-54(63(72)95)37-47-11-7-6-8-12-47)46-103-45-50-35-48(34-49(36-50)44-102-33-17-58(71)87)39-78-29-31-83(32-30-78)59(88)40-79-21-23-80(41-60(89)90)25-27-82(43-62(93)94)28-26-81(24-22-79)42-61(91)92/h6-8,11-12,34-36,38,51-56,65,77,97H,3-5,9-10,13-33,37,39-46H2,1-2H3,(H2,70,86)(H2,71,87)(H2,72,95)(H,73,101)(H,75,98)(H,76,96)(H,89,90)(H,91,92)(H,93,94)/t51?,52-,53-,54-,55-,56-,65?/m0/s1. The number of unbranched alkanes of at least 4 members (excludes halogenated alkanes) is 1. The van der Waals surface area contributed by atoms with E-state index in [1.807, 2.05) is 11.8 Å². The number of hydrogen-bond acceptors (Lipinski definition) is 21. The van der Waals surface area contributed by atoms with Crippen LogP contribution in [-0.2, 0) is 77.2 Å². The number of nitrogens with zero attached hydrogens (tertiary/aromatic N) is 9. The lowest BCUT2D eigenvalue weighted by Gasteiger charge is -2.37.